The number of aromatic nitrogens is 1. The number of hydrogen-bond acceptors (Lipinski definition) is 5. The molecular weight excluding hydrogens is 428 g/mol. The predicted octanol–water partition coefficient (Wildman–Crippen LogP) is 5.04. The van der Waals surface area contributed by atoms with Crippen LogP contribution in [0.4, 0.5) is 0 Å². The lowest BCUT2D eigenvalue weighted by Crippen LogP contribution is -2.45. The molecule has 3 heterocycles. The van der Waals surface area contributed by atoms with E-state index < -0.39 is 5.41 Å². The van der Waals surface area contributed by atoms with Gasteiger partial charge in [-0.15, -0.1) is 0 Å². The lowest BCUT2D eigenvalue weighted by Gasteiger charge is -2.39. The molecule has 0 amide bonds. The molecule has 6 heteroatoms. The van der Waals surface area contributed by atoms with Crippen LogP contribution in [0, 0.1) is 12.3 Å². The fraction of sp³-hybridized carbons (Fsp3) is 0.429. The Morgan fingerprint density at radius 3 is 2.71 bits per heavy atom. The monoisotopic (exact) mass is 462 g/mol. The van der Waals surface area contributed by atoms with Crippen LogP contribution in [-0.2, 0) is 16.1 Å². The Bertz CT molecular complexity index is 1180. The molecule has 4 rings (SSSR count). The number of piperidine rings is 1. The van der Waals surface area contributed by atoms with Crippen molar-refractivity contribution in [3.8, 4) is 0 Å². The third-order valence-corrected chi connectivity index (χ3v) is 6.90. The van der Waals surface area contributed by atoms with Crippen molar-refractivity contribution in [2.24, 2.45) is 5.41 Å². The molecule has 0 bridgehead atoms. The number of carbonyl (C=O) groups is 1. The molecule has 0 unspecified atom stereocenters. The lowest BCUT2D eigenvalue weighted by molar-refractivity contribution is -0.159. The smallest absolute Gasteiger partial charge is 0.312 e. The highest BCUT2D eigenvalue weighted by molar-refractivity contribution is 5.79. The summed E-state index contributed by atoms with van der Waals surface area (Å²) in [7, 11) is 0. The molecule has 1 saturated heterocycles. The second kappa shape index (κ2) is 10.9. The fourth-order valence-electron chi connectivity index (χ4n) is 4.91. The molecule has 0 spiro atoms. The van der Waals surface area contributed by atoms with Crippen LogP contribution < -0.4 is 5.56 Å². The van der Waals surface area contributed by atoms with Gasteiger partial charge in [-0.1, -0.05) is 18.2 Å². The largest absolute Gasteiger partial charge is 0.466 e. The van der Waals surface area contributed by atoms with Gasteiger partial charge in [0, 0.05) is 19.2 Å². The van der Waals surface area contributed by atoms with E-state index in [1.807, 2.05) is 42.7 Å². The van der Waals surface area contributed by atoms with Crippen molar-refractivity contribution in [2.75, 3.05) is 26.2 Å². The normalized spacial score (nSPS) is 16.3. The van der Waals surface area contributed by atoms with E-state index in [9.17, 15) is 9.59 Å². The Hall–Kier alpha value is -3.12. The zero-order valence-electron chi connectivity index (χ0n) is 20.2. The van der Waals surface area contributed by atoms with Gasteiger partial charge in [0.25, 0.3) is 5.56 Å². The Morgan fingerprint density at radius 1 is 1.18 bits per heavy atom. The van der Waals surface area contributed by atoms with Crippen molar-refractivity contribution >= 4 is 22.9 Å². The highest BCUT2D eigenvalue weighted by Gasteiger charge is 2.41. The van der Waals surface area contributed by atoms with E-state index in [2.05, 4.69) is 29.2 Å². The molecule has 180 valence electrons. The summed E-state index contributed by atoms with van der Waals surface area (Å²) in [6.07, 6.45) is 8.76. The standard InChI is InChI=1S/C28H34N2O4/c1-3-33-27(32)28(14-18-29(19-15-28)16-4-7-24-8-5-20-34-24)13-6-17-30-25-21-22(2)9-10-23(25)11-12-26(30)31/h4-5,7-12,20-21H,3,6,13-19H2,1-2H3/b7-4+. The minimum absolute atomic E-state index is 0.00134. The molecule has 1 fully saturated rings. The molecule has 0 N–H and O–H groups in total. The first-order chi connectivity index (χ1) is 16.5. The van der Waals surface area contributed by atoms with Crippen LogP contribution in [0.15, 0.2) is 64.0 Å². The molecule has 2 aromatic heterocycles. The summed E-state index contributed by atoms with van der Waals surface area (Å²) in [5.74, 6) is 0.749. The highest BCUT2D eigenvalue weighted by Crippen LogP contribution is 2.38. The summed E-state index contributed by atoms with van der Waals surface area (Å²) in [5, 5.41) is 1.06. The van der Waals surface area contributed by atoms with Crippen LogP contribution >= 0.6 is 0 Å². The van der Waals surface area contributed by atoms with Gasteiger partial charge in [0.15, 0.2) is 0 Å². The average molecular weight is 463 g/mol. The maximum atomic E-state index is 13.0. The van der Waals surface area contributed by atoms with Crippen LogP contribution in [0.25, 0.3) is 17.0 Å². The number of benzene rings is 1. The number of aryl methyl sites for hydroxylation is 2. The minimum atomic E-state index is -0.485. The molecule has 34 heavy (non-hydrogen) atoms. The summed E-state index contributed by atoms with van der Waals surface area (Å²) in [5.41, 5.74) is 1.60. The van der Waals surface area contributed by atoms with Crippen LogP contribution in [0.1, 0.15) is 43.9 Å². The minimum Gasteiger partial charge on any atom is -0.466 e. The van der Waals surface area contributed by atoms with Crippen molar-refractivity contribution in [3.63, 3.8) is 0 Å². The van der Waals surface area contributed by atoms with Gasteiger partial charge in [0.05, 0.1) is 23.8 Å². The SMILES string of the molecule is CCOC(=O)C1(CCCn2c(=O)ccc3ccc(C)cc32)CCN(C/C=C/c2ccco2)CC1. The van der Waals surface area contributed by atoms with E-state index in [1.54, 1.807) is 12.3 Å². The number of pyridine rings is 1. The Labute approximate surface area is 200 Å². The van der Waals surface area contributed by atoms with Gasteiger partial charge < -0.3 is 13.7 Å². The van der Waals surface area contributed by atoms with E-state index in [-0.39, 0.29) is 11.5 Å². The van der Waals surface area contributed by atoms with E-state index in [4.69, 9.17) is 9.15 Å². The average Bonchev–Trinajstić information content (AvgIpc) is 3.35. The summed E-state index contributed by atoms with van der Waals surface area (Å²) in [6.45, 7) is 7.38. The number of fused-ring (bicyclic) bond motifs is 1. The zero-order valence-corrected chi connectivity index (χ0v) is 20.2. The Kier molecular flexibility index (Phi) is 7.68. The highest BCUT2D eigenvalue weighted by atomic mass is 16.5. The number of esters is 1. The van der Waals surface area contributed by atoms with Crippen LogP contribution in [0.3, 0.4) is 0 Å². The summed E-state index contributed by atoms with van der Waals surface area (Å²) < 4.78 is 12.7. The Balaban J connectivity index is 1.41. The van der Waals surface area contributed by atoms with E-state index in [0.717, 1.165) is 67.5 Å². The number of furan rings is 1. The van der Waals surface area contributed by atoms with E-state index >= 15 is 0 Å². The fourth-order valence-corrected chi connectivity index (χ4v) is 4.91. The van der Waals surface area contributed by atoms with Gasteiger partial charge in [-0.2, -0.15) is 0 Å². The van der Waals surface area contributed by atoms with Crippen LogP contribution in [-0.4, -0.2) is 41.7 Å². The van der Waals surface area contributed by atoms with Gasteiger partial charge in [0.2, 0.25) is 0 Å². The molecule has 6 nitrogen and oxygen atoms in total. The number of carbonyl (C=O) groups excluding carboxylic acids is 1. The van der Waals surface area contributed by atoms with E-state index in [0.29, 0.717) is 13.2 Å². The molecule has 1 aliphatic rings. The quantitative estimate of drug-likeness (QED) is 0.417. The third-order valence-electron chi connectivity index (χ3n) is 6.90. The summed E-state index contributed by atoms with van der Waals surface area (Å²) >= 11 is 0. The van der Waals surface area contributed by atoms with Gasteiger partial charge in [-0.05, 0) is 93.9 Å². The number of ether oxygens (including phenoxy) is 1. The van der Waals surface area contributed by atoms with Gasteiger partial charge in [-0.3, -0.25) is 14.5 Å². The number of nitrogens with zero attached hydrogens (tertiary/aromatic N) is 2. The maximum Gasteiger partial charge on any atom is 0.312 e. The first-order valence-electron chi connectivity index (χ1n) is 12.2. The van der Waals surface area contributed by atoms with Crippen molar-refractivity contribution in [1.82, 2.24) is 9.47 Å². The molecule has 1 aliphatic heterocycles. The van der Waals surface area contributed by atoms with Crippen LogP contribution in [0.2, 0.25) is 0 Å². The molecule has 0 atom stereocenters. The second-order valence-corrected chi connectivity index (χ2v) is 9.21. The molecular formula is C28H34N2O4. The van der Waals surface area contributed by atoms with Gasteiger partial charge in [0.1, 0.15) is 5.76 Å². The third kappa shape index (κ3) is 5.50. The molecule has 0 aliphatic carbocycles. The first-order valence-corrected chi connectivity index (χ1v) is 12.2. The topological polar surface area (TPSA) is 64.7 Å². The second-order valence-electron chi connectivity index (χ2n) is 9.21. The summed E-state index contributed by atoms with van der Waals surface area (Å²) in [4.78, 5) is 28.0. The Morgan fingerprint density at radius 2 is 1.97 bits per heavy atom. The predicted molar refractivity (Wildman–Crippen MR) is 135 cm³/mol. The number of hydrogen-bond donors (Lipinski definition) is 0. The maximum absolute atomic E-state index is 13.0. The lowest BCUT2D eigenvalue weighted by atomic mass is 9.74. The van der Waals surface area contributed by atoms with Crippen molar-refractivity contribution in [2.45, 2.75) is 46.1 Å². The molecule has 0 saturated carbocycles. The van der Waals surface area contributed by atoms with Gasteiger partial charge in [-0.25, -0.2) is 0 Å². The van der Waals surface area contributed by atoms with Crippen molar-refractivity contribution in [1.29, 1.82) is 0 Å². The van der Waals surface area contributed by atoms with Crippen molar-refractivity contribution < 1.29 is 13.9 Å². The zero-order chi connectivity index (χ0) is 24.0. The van der Waals surface area contributed by atoms with Gasteiger partial charge >= 0.3 is 5.97 Å². The van der Waals surface area contributed by atoms with E-state index in [1.165, 1.54) is 0 Å². The number of likely N-dealkylation sites (tertiary alicyclic amines) is 1. The van der Waals surface area contributed by atoms with Crippen LogP contribution in [0.5, 0.6) is 0 Å². The summed E-state index contributed by atoms with van der Waals surface area (Å²) in [6, 6.07) is 13.5. The molecule has 0 radical (unpaired) electrons. The molecule has 1 aromatic carbocycles. The van der Waals surface area contributed by atoms with Crippen molar-refractivity contribution in [3.05, 3.63) is 76.5 Å². The molecule has 3 aromatic rings. The first kappa shape index (κ1) is 24.0. The number of rotatable bonds is 9.